The molecule has 1 amide bonds. The fourth-order valence-electron chi connectivity index (χ4n) is 2.32. The molecule has 0 saturated carbocycles. The maximum atomic E-state index is 12.2. The lowest BCUT2D eigenvalue weighted by molar-refractivity contribution is -0.131. The molecule has 4 nitrogen and oxygen atoms in total. The second-order valence-electron chi connectivity index (χ2n) is 5.02. The van der Waals surface area contributed by atoms with E-state index in [0.717, 1.165) is 41.5 Å². The van der Waals surface area contributed by atoms with Gasteiger partial charge in [0.1, 0.15) is 5.01 Å². The Morgan fingerprint density at radius 2 is 2.05 bits per heavy atom. The van der Waals surface area contributed by atoms with Gasteiger partial charge in [-0.05, 0) is 24.3 Å². The van der Waals surface area contributed by atoms with E-state index in [1.165, 1.54) is 0 Å². The van der Waals surface area contributed by atoms with Crippen molar-refractivity contribution in [1.29, 1.82) is 0 Å². The number of nitrogens with two attached hydrogens (primary N) is 1. The molecule has 22 heavy (non-hydrogen) atoms. The summed E-state index contributed by atoms with van der Waals surface area (Å²) < 4.78 is 0. The van der Waals surface area contributed by atoms with Gasteiger partial charge in [-0.3, -0.25) is 4.79 Å². The van der Waals surface area contributed by atoms with Crippen LogP contribution in [0.1, 0.15) is 18.5 Å². The molecule has 1 saturated heterocycles. The molecule has 0 radical (unpaired) electrons. The van der Waals surface area contributed by atoms with E-state index in [1.807, 2.05) is 21.7 Å². The van der Waals surface area contributed by atoms with Crippen LogP contribution in [0.3, 0.4) is 0 Å². The third kappa shape index (κ3) is 4.67. The summed E-state index contributed by atoms with van der Waals surface area (Å²) in [5, 5.41) is 5.03. The van der Waals surface area contributed by atoms with Crippen LogP contribution in [-0.2, 0) is 11.2 Å². The van der Waals surface area contributed by atoms with Gasteiger partial charge in [-0.1, -0.05) is 6.07 Å². The number of piperidine rings is 1. The van der Waals surface area contributed by atoms with E-state index < -0.39 is 0 Å². The van der Waals surface area contributed by atoms with E-state index in [2.05, 4.69) is 11.1 Å². The molecule has 2 aromatic rings. The molecular weight excluding hydrogens is 361 g/mol. The molecule has 3 heterocycles. The third-order valence-electron chi connectivity index (χ3n) is 3.51. The van der Waals surface area contributed by atoms with Crippen molar-refractivity contribution in [3.8, 4) is 9.88 Å². The quantitative estimate of drug-likeness (QED) is 0.890. The topological polar surface area (TPSA) is 59.2 Å². The summed E-state index contributed by atoms with van der Waals surface area (Å²) in [7, 11) is 0. The smallest absolute Gasteiger partial charge is 0.228 e. The summed E-state index contributed by atoms with van der Waals surface area (Å²) in [6.45, 7) is 1.56. The van der Waals surface area contributed by atoms with Crippen LogP contribution in [0, 0.1) is 0 Å². The van der Waals surface area contributed by atoms with Gasteiger partial charge >= 0.3 is 0 Å². The van der Waals surface area contributed by atoms with Crippen molar-refractivity contribution in [1.82, 2.24) is 9.88 Å². The molecule has 8 heteroatoms. The minimum atomic E-state index is 0. The summed E-state index contributed by atoms with van der Waals surface area (Å²) in [6.07, 6.45) is 2.21. The van der Waals surface area contributed by atoms with Crippen LogP contribution in [-0.4, -0.2) is 34.9 Å². The monoisotopic (exact) mass is 379 g/mol. The van der Waals surface area contributed by atoms with E-state index in [-0.39, 0.29) is 36.8 Å². The molecule has 1 aliphatic heterocycles. The fourth-order valence-corrected chi connectivity index (χ4v) is 3.95. The van der Waals surface area contributed by atoms with Crippen molar-refractivity contribution in [2.45, 2.75) is 25.3 Å². The van der Waals surface area contributed by atoms with E-state index >= 15 is 0 Å². The largest absolute Gasteiger partial charge is 0.342 e. The van der Waals surface area contributed by atoms with Gasteiger partial charge in [0.15, 0.2) is 0 Å². The van der Waals surface area contributed by atoms with E-state index in [9.17, 15) is 4.79 Å². The molecule has 0 atom stereocenters. The van der Waals surface area contributed by atoms with Crippen LogP contribution in [0.5, 0.6) is 0 Å². The zero-order valence-electron chi connectivity index (χ0n) is 11.9. The number of thiazole rings is 1. The first-order valence-electron chi connectivity index (χ1n) is 6.74. The Morgan fingerprint density at radius 3 is 2.68 bits per heavy atom. The van der Waals surface area contributed by atoms with Gasteiger partial charge in [-0.2, -0.15) is 0 Å². The van der Waals surface area contributed by atoms with Crippen LogP contribution in [0.25, 0.3) is 9.88 Å². The van der Waals surface area contributed by atoms with Gasteiger partial charge in [0, 0.05) is 24.5 Å². The van der Waals surface area contributed by atoms with Crippen LogP contribution >= 0.6 is 47.5 Å². The molecule has 3 rings (SSSR count). The fraction of sp³-hybridized carbons (Fsp3) is 0.429. The number of hydrogen-bond donors (Lipinski definition) is 1. The van der Waals surface area contributed by atoms with Crippen molar-refractivity contribution in [3.63, 3.8) is 0 Å². The second-order valence-corrected chi connectivity index (χ2v) is 6.82. The first kappa shape index (κ1) is 19.4. The highest BCUT2D eigenvalue weighted by Gasteiger charge is 2.21. The SMILES string of the molecule is Cl.Cl.NC1CCN(C(=O)Cc2csc(-c3cccs3)n2)CC1. The molecule has 1 aliphatic rings. The number of rotatable bonds is 3. The van der Waals surface area contributed by atoms with Crippen LogP contribution < -0.4 is 5.73 Å². The number of aromatic nitrogens is 1. The highest BCUT2D eigenvalue weighted by atomic mass is 35.5. The Bertz CT molecular complexity index is 581. The average molecular weight is 380 g/mol. The molecule has 122 valence electrons. The molecule has 0 aromatic carbocycles. The summed E-state index contributed by atoms with van der Waals surface area (Å²) in [4.78, 5) is 19.9. The minimum Gasteiger partial charge on any atom is -0.342 e. The number of carbonyl (C=O) groups is 1. The second kappa shape index (κ2) is 8.84. The number of thiophene rings is 1. The van der Waals surface area contributed by atoms with Crippen LogP contribution in [0.15, 0.2) is 22.9 Å². The normalized spacial score (nSPS) is 15.0. The lowest BCUT2D eigenvalue weighted by Gasteiger charge is -2.30. The average Bonchev–Trinajstić information content (AvgIpc) is 3.09. The first-order chi connectivity index (χ1) is 9.72. The number of hydrogen-bond acceptors (Lipinski definition) is 5. The lowest BCUT2D eigenvalue weighted by atomic mass is 10.1. The molecule has 2 N–H and O–H groups in total. The van der Waals surface area contributed by atoms with Gasteiger partial charge in [0.25, 0.3) is 0 Å². The zero-order chi connectivity index (χ0) is 13.9. The molecule has 2 aromatic heterocycles. The standard InChI is InChI=1S/C14H17N3OS2.2ClH/c15-10-3-5-17(6-4-10)13(18)8-11-9-20-14(16-11)12-2-1-7-19-12;;/h1-2,7,9-10H,3-6,8,15H2;2*1H. The van der Waals surface area contributed by atoms with Gasteiger partial charge < -0.3 is 10.6 Å². The predicted molar refractivity (Wildman–Crippen MR) is 97.4 cm³/mol. The first-order valence-corrected chi connectivity index (χ1v) is 8.50. The van der Waals surface area contributed by atoms with Crippen molar-refractivity contribution in [2.24, 2.45) is 5.73 Å². The van der Waals surface area contributed by atoms with Crippen molar-refractivity contribution < 1.29 is 4.79 Å². The Hall–Kier alpha value is -0.660. The molecule has 0 bridgehead atoms. The van der Waals surface area contributed by atoms with Gasteiger partial charge in [-0.25, -0.2) is 4.98 Å². The lowest BCUT2D eigenvalue weighted by Crippen LogP contribution is -2.43. The van der Waals surface area contributed by atoms with Crippen molar-refractivity contribution in [3.05, 3.63) is 28.6 Å². The van der Waals surface area contributed by atoms with Gasteiger partial charge in [-0.15, -0.1) is 47.5 Å². The molecule has 1 fully saturated rings. The van der Waals surface area contributed by atoms with Crippen LogP contribution in [0.4, 0.5) is 0 Å². The number of amides is 1. The van der Waals surface area contributed by atoms with E-state index in [0.29, 0.717) is 6.42 Å². The van der Waals surface area contributed by atoms with Crippen LogP contribution in [0.2, 0.25) is 0 Å². The van der Waals surface area contributed by atoms with Gasteiger partial charge in [0.05, 0.1) is 17.0 Å². The number of carbonyl (C=O) groups excluding carboxylic acids is 1. The third-order valence-corrected chi connectivity index (χ3v) is 5.44. The molecule has 0 aliphatic carbocycles. The summed E-state index contributed by atoms with van der Waals surface area (Å²) >= 11 is 3.28. The zero-order valence-corrected chi connectivity index (χ0v) is 15.2. The number of halogens is 2. The van der Waals surface area contributed by atoms with Gasteiger partial charge in [0.2, 0.25) is 5.91 Å². The maximum Gasteiger partial charge on any atom is 0.228 e. The maximum absolute atomic E-state index is 12.2. The minimum absolute atomic E-state index is 0. The Kier molecular flexibility index (Phi) is 7.79. The number of likely N-dealkylation sites (tertiary alicyclic amines) is 1. The highest BCUT2D eigenvalue weighted by Crippen LogP contribution is 2.28. The molecule has 0 unspecified atom stereocenters. The Balaban J connectivity index is 0.00000121. The summed E-state index contributed by atoms with van der Waals surface area (Å²) in [6, 6.07) is 4.33. The van der Waals surface area contributed by atoms with Crippen molar-refractivity contribution in [2.75, 3.05) is 13.1 Å². The Labute approximate surface area is 150 Å². The predicted octanol–water partition coefficient (Wildman–Crippen LogP) is 3.21. The summed E-state index contributed by atoms with van der Waals surface area (Å²) in [5.41, 5.74) is 6.73. The van der Waals surface area contributed by atoms with Crippen molar-refractivity contribution >= 4 is 53.4 Å². The van der Waals surface area contributed by atoms with E-state index in [4.69, 9.17) is 5.73 Å². The Morgan fingerprint density at radius 1 is 1.32 bits per heavy atom. The van der Waals surface area contributed by atoms with E-state index in [1.54, 1.807) is 22.7 Å². The molecule has 0 spiro atoms. The highest BCUT2D eigenvalue weighted by molar-refractivity contribution is 7.20. The molecular formula is C14H19Cl2N3OS2. The number of nitrogens with zero attached hydrogens (tertiary/aromatic N) is 2. The summed E-state index contributed by atoms with van der Waals surface area (Å²) in [5.74, 6) is 0.167.